The number of aryl methyl sites for hydroxylation is 1. The van der Waals surface area contributed by atoms with Crippen LogP contribution in [-0.2, 0) is 11.3 Å². The second-order valence-corrected chi connectivity index (χ2v) is 8.51. The van der Waals surface area contributed by atoms with Gasteiger partial charge in [-0.25, -0.2) is 14.4 Å². The molecule has 3 heterocycles. The highest BCUT2D eigenvalue weighted by Crippen LogP contribution is 2.38. The van der Waals surface area contributed by atoms with E-state index in [9.17, 15) is 4.79 Å². The molecule has 5 rings (SSSR count). The number of hydrogen-bond donors (Lipinski definition) is 2. The number of amides is 1. The summed E-state index contributed by atoms with van der Waals surface area (Å²) in [6.07, 6.45) is 0.900. The Morgan fingerprint density at radius 3 is 2.90 bits per heavy atom. The van der Waals surface area contributed by atoms with Crippen molar-refractivity contribution in [2.24, 2.45) is 5.73 Å². The molecule has 8 nitrogen and oxygen atoms in total. The Kier molecular flexibility index (Phi) is 4.66. The number of primary amides is 1. The molecule has 0 bridgehead atoms. The minimum atomic E-state index is -0.809. The quantitative estimate of drug-likeness (QED) is 0.501. The third-order valence-corrected chi connectivity index (χ3v) is 6.11. The Morgan fingerprint density at radius 1 is 1.26 bits per heavy atom. The van der Waals surface area contributed by atoms with Crippen molar-refractivity contribution in [3.8, 4) is 22.9 Å². The number of hydrogen-bond acceptors (Lipinski definition) is 7. The Bertz CT molecular complexity index is 1330. The van der Waals surface area contributed by atoms with E-state index in [0.29, 0.717) is 52.2 Å². The van der Waals surface area contributed by atoms with Crippen LogP contribution in [0.4, 0.5) is 9.52 Å². The molecule has 0 spiro atoms. The maximum absolute atomic E-state index is 15.1. The molecule has 1 unspecified atom stereocenters. The number of rotatable bonds is 4. The van der Waals surface area contributed by atoms with Gasteiger partial charge in [0, 0.05) is 24.7 Å². The molecule has 0 radical (unpaired) electrons. The summed E-state index contributed by atoms with van der Waals surface area (Å²) in [5.41, 5.74) is 13.4. The van der Waals surface area contributed by atoms with E-state index in [1.807, 2.05) is 4.57 Å². The van der Waals surface area contributed by atoms with Gasteiger partial charge in [-0.2, -0.15) is 0 Å². The smallest absolute Gasteiger partial charge is 0.258 e. The summed E-state index contributed by atoms with van der Waals surface area (Å²) in [5, 5.41) is 0.385. The Morgan fingerprint density at radius 2 is 2.10 bits per heavy atom. The number of aromatic nitrogens is 3. The zero-order chi connectivity index (χ0) is 21.7. The summed E-state index contributed by atoms with van der Waals surface area (Å²) in [4.78, 5) is 20.3. The van der Waals surface area contributed by atoms with Crippen molar-refractivity contribution in [1.82, 2.24) is 14.5 Å². The lowest BCUT2D eigenvalue weighted by molar-refractivity contribution is -0.123. The molecule has 31 heavy (non-hydrogen) atoms. The van der Waals surface area contributed by atoms with Crippen molar-refractivity contribution in [2.75, 3.05) is 12.3 Å². The predicted molar refractivity (Wildman–Crippen MR) is 117 cm³/mol. The van der Waals surface area contributed by atoms with Crippen molar-refractivity contribution in [2.45, 2.75) is 32.4 Å². The van der Waals surface area contributed by atoms with Crippen LogP contribution < -0.4 is 20.9 Å². The van der Waals surface area contributed by atoms with Crippen LogP contribution in [0.5, 0.6) is 11.5 Å². The van der Waals surface area contributed by atoms with Gasteiger partial charge in [0.25, 0.3) is 5.91 Å². The number of halogens is 1. The number of benzene rings is 2. The summed E-state index contributed by atoms with van der Waals surface area (Å²) in [6, 6.07) is 6.55. The Labute approximate surface area is 180 Å². The monoisotopic (exact) mass is 441 g/mol. The molecular weight excluding hydrogens is 421 g/mol. The average molecular weight is 441 g/mol. The van der Waals surface area contributed by atoms with Gasteiger partial charge in [0.05, 0.1) is 27.9 Å². The third kappa shape index (κ3) is 3.42. The van der Waals surface area contributed by atoms with Gasteiger partial charge in [-0.05, 0) is 25.8 Å². The lowest BCUT2D eigenvalue weighted by Crippen LogP contribution is -2.30. The fraction of sp³-hybridized carbons (Fsp3) is 0.286. The third-order valence-electron chi connectivity index (χ3n) is 5.26. The first kappa shape index (κ1) is 19.6. The standard InChI is InChI=1S/C21H20FN5O3S/c1-10(19(23)28)30-11-6-15-18-16(7-11)29-5-3-2-4-27(18)20(25-15)12-8-17-14(9-13(12)22)26-21(24)31-17/h6-10H,2-5H2,1H3,(H2,23,28)(H2,24,26). The van der Waals surface area contributed by atoms with Crippen molar-refractivity contribution >= 4 is 43.6 Å². The molecule has 4 aromatic rings. The maximum atomic E-state index is 15.1. The van der Waals surface area contributed by atoms with Crippen LogP contribution in [0, 0.1) is 5.82 Å². The summed E-state index contributed by atoms with van der Waals surface area (Å²) in [6.45, 7) is 2.79. The Balaban J connectivity index is 1.71. The van der Waals surface area contributed by atoms with Gasteiger partial charge >= 0.3 is 0 Å². The lowest BCUT2D eigenvalue weighted by atomic mass is 10.1. The molecular formula is C21H20FN5O3S. The van der Waals surface area contributed by atoms with E-state index in [4.69, 9.17) is 25.9 Å². The van der Waals surface area contributed by atoms with Crippen molar-refractivity contribution in [3.05, 3.63) is 30.1 Å². The van der Waals surface area contributed by atoms with Crippen LogP contribution in [0.3, 0.4) is 0 Å². The molecule has 2 aromatic heterocycles. The highest BCUT2D eigenvalue weighted by atomic mass is 32.1. The summed E-state index contributed by atoms with van der Waals surface area (Å²) in [7, 11) is 0. The van der Waals surface area contributed by atoms with E-state index in [0.717, 1.165) is 23.1 Å². The van der Waals surface area contributed by atoms with Gasteiger partial charge in [-0.15, -0.1) is 0 Å². The Hall–Kier alpha value is -3.40. The van der Waals surface area contributed by atoms with Crippen molar-refractivity contribution < 1.29 is 18.7 Å². The van der Waals surface area contributed by atoms with E-state index < -0.39 is 17.8 Å². The van der Waals surface area contributed by atoms with E-state index in [-0.39, 0.29) is 0 Å². The van der Waals surface area contributed by atoms with Gasteiger partial charge in [0.1, 0.15) is 28.7 Å². The molecule has 0 fully saturated rings. The van der Waals surface area contributed by atoms with Crippen LogP contribution in [-0.4, -0.2) is 33.2 Å². The number of anilines is 1. The molecule has 1 atom stereocenters. The highest BCUT2D eigenvalue weighted by molar-refractivity contribution is 7.22. The minimum absolute atomic E-state index is 0.367. The number of thiazole rings is 1. The topological polar surface area (TPSA) is 118 Å². The molecule has 4 N–H and O–H groups in total. The largest absolute Gasteiger partial charge is 0.491 e. The molecule has 0 saturated heterocycles. The number of nitrogens with zero attached hydrogens (tertiary/aromatic N) is 3. The first-order chi connectivity index (χ1) is 14.9. The number of ether oxygens (including phenoxy) is 2. The minimum Gasteiger partial charge on any atom is -0.491 e. The van der Waals surface area contributed by atoms with Gasteiger partial charge in [-0.3, -0.25) is 4.79 Å². The molecule has 0 aliphatic carbocycles. The van der Waals surface area contributed by atoms with E-state index in [1.165, 1.54) is 17.4 Å². The van der Waals surface area contributed by atoms with E-state index in [2.05, 4.69) is 4.98 Å². The average Bonchev–Trinajstić information content (AvgIpc) is 3.23. The summed E-state index contributed by atoms with van der Waals surface area (Å²) in [5.74, 6) is 0.484. The van der Waals surface area contributed by atoms with Crippen molar-refractivity contribution in [1.29, 1.82) is 0 Å². The fourth-order valence-corrected chi connectivity index (χ4v) is 4.52. The SMILES string of the molecule is CC(Oc1cc2c3c(c1)nc(-c1cc4sc(N)nc4cc1F)n3CCCCO2)C(N)=O. The normalized spacial score (nSPS) is 14.8. The van der Waals surface area contributed by atoms with Crippen LogP contribution in [0.25, 0.3) is 32.6 Å². The summed E-state index contributed by atoms with van der Waals surface area (Å²) < 4.78 is 29.4. The van der Waals surface area contributed by atoms with Gasteiger partial charge in [0.15, 0.2) is 11.2 Å². The number of nitrogen functional groups attached to an aromatic ring is 1. The molecule has 10 heteroatoms. The second kappa shape index (κ2) is 7.38. The van der Waals surface area contributed by atoms with Crippen LogP contribution in [0.15, 0.2) is 24.3 Å². The molecule has 1 amide bonds. The van der Waals surface area contributed by atoms with Gasteiger partial charge < -0.3 is 25.5 Å². The van der Waals surface area contributed by atoms with Crippen LogP contribution in [0.2, 0.25) is 0 Å². The number of carbonyl (C=O) groups excluding carboxylic acids is 1. The zero-order valence-electron chi connectivity index (χ0n) is 16.7. The van der Waals surface area contributed by atoms with Crippen molar-refractivity contribution in [3.63, 3.8) is 0 Å². The number of carbonyl (C=O) groups is 1. The highest BCUT2D eigenvalue weighted by Gasteiger charge is 2.23. The molecule has 0 saturated carbocycles. The second-order valence-electron chi connectivity index (χ2n) is 7.45. The fourth-order valence-electron chi connectivity index (χ4n) is 3.76. The zero-order valence-corrected chi connectivity index (χ0v) is 17.5. The first-order valence-electron chi connectivity index (χ1n) is 9.89. The predicted octanol–water partition coefficient (Wildman–Crippen LogP) is 3.46. The van der Waals surface area contributed by atoms with Gasteiger partial charge in [0.2, 0.25) is 0 Å². The lowest BCUT2D eigenvalue weighted by Gasteiger charge is -2.18. The number of imidazole rings is 1. The maximum Gasteiger partial charge on any atom is 0.258 e. The first-order valence-corrected chi connectivity index (χ1v) is 10.7. The van der Waals surface area contributed by atoms with Crippen LogP contribution >= 0.6 is 11.3 Å². The van der Waals surface area contributed by atoms with E-state index >= 15 is 4.39 Å². The van der Waals surface area contributed by atoms with Gasteiger partial charge in [-0.1, -0.05) is 11.3 Å². The molecule has 1 aliphatic rings. The van der Waals surface area contributed by atoms with Crippen LogP contribution in [0.1, 0.15) is 19.8 Å². The molecule has 160 valence electrons. The number of fused-ring (bicyclic) bond motifs is 1. The van der Waals surface area contributed by atoms with E-state index in [1.54, 1.807) is 25.1 Å². The number of nitrogens with two attached hydrogens (primary N) is 2. The molecule has 2 aromatic carbocycles. The molecule has 1 aliphatic heterocycles. The summed E-state index contributed by atoms with van der Waals surface area (Å²) >= 11 is 1.30.